The lowest BCUT2D eigenvalue weighted by molar-refractivity contribution is 0.0927. The van der Waals surface area contributed by atoms with E-state index in [1.807, 2.05) is 36.4 Å². The molecule has 1 aliphatic rings. The van der Waals surface area contributed by atoms with Crippen molar-refractivity contribution in [1.29, 1.82) is 0 Å². The van der Waals surface area contributed by atoms with Gasteiger partial charge in [0.05, 0.1) is 0 Å². The fraction of sp³-hybridized carbons (Fsp3) is 0.438. The summed E-state index contributed by atoms with van der Waals surface area (Å²) in [4.78, 5) is 12.1. The number of hydrogen-bond acceptors (Lipinski definition) is 1. The van der Waals surface area contributed by atoms with Crippen molar-refractivity contribution in [1.82, 2.24) is 5.32 Å². The SMILES string of the molecule is C=C[C@H](NC(=O)c1ccccc1)C1CCCCC1. The number of nitrogens with one attached hydrogen (secondary N) is 1. The highest BCUT2D eigenvalue weighted by atomic mass is 16.1. The van der Waals surface area contributed by atoms with Crippen LogP contribution in [0.5, 0.6) is 0 Å². The molecule has 0 bridgehead atoms. The number of carbonyl (C=O) groups is 1. The molecule has 2 nitrogen and oxygen atoms in total. The molecule has 0 spiro atoms. The third-order valence-corrected chi connectivity index (χ3v) is 3.75. The van der Waals surface area contributed by atoms with Crippen LogP contribution in [-0.2, 0) is 0 Å². The highest BCUT2D eigenvalue weighted by Gasteiger charge is 2.22. The third-order valence-electron chi connectivity index (χ3n) is 3.75. The van der Waals surface area contributed by atoms with Gasteiger partial charge in [-0.2, -0.15) is 0 Å². The van der Waals surface area contributed by atoms with Gasteiger partial charge >= 0.3 is 0 Å². The minimum Gasteiger partial charge on any atom is -0.346 e. The molecule has 0 radical (unpaired) electrons. The van der Waals surface area contributed by atoms with Gasteiger partial charge in [0.25, 0.3) is 5.91 Å². The van der Waals surface area contributed by atoms with Crippen molar-refractivity contribution in [3.8, 4) is 0 Å². The molecular formula is C16H21NO. The van der Waals surface area contributed by atoms with E-state index in [0.29, 0.717) is 5.92 Å². The Kier molecular flexibility index (Phi) is 4.57. The van der Waals surface area contributed by atoms with E-state index in [9.17, 15) is 4.79 Å². The predicted molar refractivity (Wildman–Crippen MR) is 74.5 cm³/mol. The molecule has 18 heavy (non-hydrogen) atoms. The van der Waals surface area contributed by atoms with Crippen LogP contribution >= 0.6 is 0 Å². The molecule has 0 saturated heterocycles. The summed E-state index contributed by atoms with van der Waals surface area (Å²) in [5.74, 6) is 0.565. The van der Waals surface area contributed by atoms with Gasteiger partial charge in [-0.1, -0.05) is 43.5 Å². The molecular weight excluding hydrogens is 222 g/mol. The highest BCUT2D eigenvalue weighted by Crippen LogP contribution is 2.27. The molecule has 96 valence electrons. The molecule has 0 aliphatic heterocycles. The smallest absolute Gasteiger partial charge is 0.251 e. The van der Waals surface area contributed by atoms with Gasteiger partial charge in [-0.15, -0.1) is 6.58 Å². The largest absolute Gasteiger partial charge is 0.346 e. The number of amides is 1. The Morgan fingerprint density at radius 3 is 2.50 bits per heavy atom. The van der Waals surface area contributed by atoms with Gasteiger partial charge in [-0.25, -0.2) is 0 Å². The van der Waals surface area contributed by atoms with Gasteiger partial charge in [0.15, 0.2) is 0 Å². The summed E-state index contributed by atoms with van der Waals surface area (Å²) in [6.45, 7) is 3.87. The lowest BCUT2D eigenvalue weighted by Crippen LogP contribution is -2.39. The van der Waals surface area contributed by atoms with Crippen molar-refractivity contribution in [2.75, 3.05) is 0 Å². The second-order valence-corrected chi connectivity index (χ2v) is 5.00. The Bertz CT molecular complexity index is 393. The molecule has 1 saturated carbocycles. The van der Waals surface area contributed by atoms with Crippen molar-refractivity contribution in [3.63, 3.8) is 0 Å². The fourth-order valence-corrected chi connectivity index (χ4v) is 2.69. The first kappa shape index (κ1) is 12.9. The van der Waals surface area contributed by atoms with E-state index in [1.165, 1.54) is 32.1 Å². The number of rotatable bonds is 4. The molecule has 1 aromatic rings. The van der Waals surface area contributed by atoms with Crippen LogP contribution in [0.2, 0.25) is 0 Å². The normalized spacial score (nSPS) is 18.0. The zero-order chi connectivity index (χ0) is 12.8. The maximum Gasteiger partial charge on any atom is 0.251 e. The van der Waals surface area contributed by atoms with Crippen LogP contribution in [0.4, 0.5) is 0 Å². The van der Waals surface area contributed by atoms with Crippen molar-refractivity contribution < 1.29 is 4.79 Å². The number of benzene rings is 1. The van der Waals surface area contributed by atoms with Crippen molar-refractivity contribution in [2.45, 2.75) is 38.1 Å². The summed E-state index contributed by atoms with van der Waals surface area (Å²) in [6.07, 6.45) is 8.16. The summed E-state index contributed by atoms with van der Waals surface area (Å²) in [7, 11) is 0. The molecule has 2 heteroatoms. The van der Waals surface area contributed by atoms with E-state index in [-0.39, 0.29) is 11.9 Å². The lowest BCUT2D eigenvalue weighted by atomic mass is 9.84. The second kappa shape index (κ2) is 6.39. The molecule has 1 aromatic carbocycles. The molecule has 2 rings (SSSR count). The Morgan fingerprint density at radius 2 is 1.89 bits per heavy atom. The van der Waals surface area contributed by atoms with E-state index in [2.05, 4.69) is 11.9 Å². The van der Waals surface area contributed by atoms with Crippen LogP contribution in [0, 0.1) is 5.92 Å². The third kappa shape index (κ3) is 3.22. The van der Waals surface area contributed by atoms with E-state index in [1.54, 1.807) is 0 Å². The first-order chi connectivity index (χ1) is 8.81. The average Bonchev–Trinajstić information content (AvgIpc) is 2.46. The van der Waals surface area contributed by atoms with E-state index in [0.717, 1.165) is 5.56 Å². The van der Waals surface area contributed by atoms with Crippen LogP contribution < -0.4 is 5.32 Å². The zero-order valence-electron chi connectivity index (χ0n) is 10.8. The van der Waals surface area contributed by atoms with Crippen molar-refractivity contribution in [2.24, 2.45) is 5.92 Å². The van der Waals surface area contributed by atoms with Gasteiger partial charge in [-0.3, -0.25) is 4.79 Å². The first-order valence-corrected chi connectivity index (χ1v) is 6.79. The summed E-state index contributed by atoms with van der Waals surface area (Å²) < 4.78 is 0. The molecule has 1 N–H and O–H groups in total. The van der Waals surface area contributed by atoms with Gasteiger partial charge in [-0.05, 0) is 30.9 Å². The van der Waals surface area contributed by atoms with Gasteiger partial charge < -0.3 is 5.32 Å². The predicted octanol–water partition coefficient (Wildman–Crippen LogP) is 3.55. The topological polar surface area (TPSA) is 29.1 Å². The summed E-state index contributed by atoms with van der Waals surface area (Å²) in [5, 5.41) is 3.10. The van der Waals surface area contributed by atoms with Gasteiger partial charge in [0.2, 0.25) is 0 Å². The molecule has 0 unspecified atom stereocenters. The average molecular weight is 243 g/mol. The van der Waals surface area contributed by atoms with E-state index < -0.39 is 0 Å². The highest BCUT2D eigenvalue weighted by molar-refractivity contribution is 5.94. The molecule has 1 aliphatic carbocycles. The Balaban J connectivity index is 1.97. The Morgan fingerprint density at radius 1 is 1.22 bits per heavy atom. The van der Waals surface area contributed by atoms with E-state index >= 15 is 0 Å². The van der Waals surface area contributed by atoms with Crippen LogP contribution in [0.3, 0.4) is 0 Å². The van der Waals surface area contributed by atoms with Crippen LogP contribution in [0.25, 0.3) is 0 Å². The maximum absolute atomic E-state index is 12.1. The molecule has 0 aromatic heterocycles. The summed E-state index contributed by atoms with van der Waals surface area (Å²) >= 11 is 0. The molecule has 1 atom stereocenters. The van der Waals surface area contributed by atoms with Gasteiger partial charge in [0.1, 0.15) is 0 Å². The summed E-state index contributed by atoms with van der Waals surface area (Å²) in [5.41, 5.74) is 0.722. The molecule has 0 heterocycles. The number of carbonyl (C=O) groups excluding carboxylic acids is 1. The monoisotopic (exact) mass is 243 g/mol. The summed E-state index contributed by atoms with van der Waals surface area (Å²) in [6, 6.07) is 9.49. The Labute approximate surface area is 109 Å². The van der Waals surface area contributed by atoms with Crippen LogP contribution in [-0.4, -0.2) is 11.9 Å². The quantitative estimate of drug-likeness (QED) is 0.805. The fourth-order valence-electron chi connectivity index (χ4n) is 2.69. The Hall–Kier alpha value is -1.57. The van der Waals surface area contributed by atoms with Gasteiger partial charge in [0, 0.05) is 11.6 Å². The van der Waals surface area contributed by atoms with E-state index in [4.69, 9.17) is 0 Å². The van der Waals surface area contributed by atoms with Crippen LogP contribution in [0.1, 0.15) is 42.5 Å². The number of hydrogen-bond donors (Lipinski definition) is 1. The first-order valence-electron chi connectivity index (χ1n) is 6.79. The molecule has 1 amide bonds. The zero-order valence-corrected chi connectivity index (χ0v) is 10.8. The standard InChI is InChI=1S/C16H21NO/c1-2-15(13-9-5-3-6-10-13)17-16(18)14-11-7-4-8-12-14/h2,4,7-8,11-13,15H,1,3,5-6,9-10H2,(H,17,18)/t15-/m0/s1. The van der Waals surface area contributed by atoms with Crippen LogP contribution in [0.15, 0.2) is 43.0 Å². The lowest BCUT2D eigenvalue weighted by Gasteiger charge is -2.28. The minimum atomic E-state index is 0.00562. The minimum absolute atomic E-state index is 0.00562. The van der Waals surface area contributed by atoms with Crippen molar-refractivity contribution in [3.05, 3.63) is 48.6 Å². The second-order valence-electron chi connectivity index (χ2n) is 5.00. The maximum atomic E-state index is 12.1. The van der Waals surface area contributed by atoms with Crippen molar-refractivity contribution >= 4 is 5.91 Å². The molecule has 1 fully saturated rings.